The summed E-state index contributed by atoms with van der Waals surface area (Å²) in [6, 6.07) is 10.9. The molecule has 0 radical (unpaired) electrons. The molecule has 0 aliphatic carbocycles. The summed E-state index contributed by atoms with van der Waals surface area (Å²) in [6.45, 7) is 10.5. The SMILES string of the molecule is C=C(C)CCCC(CNCCC)c1ccccc1. The molecule has 0 amide bonds. The van der Waals surface area contributed by atoms with Gasteiger partial charge in [0.05, 0.1) is 0 Å². The van der Waals surface area contributed by atoms with Gasteiger partial charge in [0, 0.05) is 6.54 Å². The van der Waals surface area contributed by atoms with Gasteiger partial charge in [0.2, 0.25) is 0 Å². The van der Waals surface area contributed by atoms with Crippen molar-refractivity contribution < 1.29 is 0 Å². The standard InChI is InChI=1S/C17H27N/c1-4-13-18-14-17(12-8-9-15(2)3)16-10-6-5-7-11-16/h5-7,10-11,17-18H,2,4,8-9,12-14H2,1,3H3. The monoisotopic (exact) mass is 245 g/mol. The molecule has 0 aliphatic rings. The van der Waals surface area contributed by atoms with Crippen molar-refractivity contribution in [2.24, 2.45) is 0 Å². The van der Waals surface area contributed by atoms with Crippen LogP contribution in [-0.2, 0) is 0 Å². The normalized spacial score (nSPS) is 12.3. The van der Waals surface area contributed by atoms with Gasteiger partial charge in [-0.1, -0.05) is 42.8 Å². The number of hydrogen-bond donors (Lipinski definition) is 1. The lowest BCUT2D eigenvalue weighted by molar-refractivity contribution is 0.531. The molecule has 1 atom stereocenters. The lowest BCUT2D eigenvalue weighted by atomic mass is 9.92. The quantitative estimate of drug-likeness (QED) is 0.498. The van der Waals surface area contributed by atoms with Crippen LogP contribution in [0.3, 0.4) is 0 Å². The first-order chi connectivity index (χ1) is 8.74. The third kappa shape index (κ3) is 6.02. The minimum Gasteiger partial charge on any atom is -0.316 e. The molecule has 0 heterocycles. The molecule has 0 spiro atoms. The van der Waals surface area contributed by atoms with Crippen molar-refractivity contribution in [3.8, 4) is 0 Å². The second-order valence-electron chi connectivity index (χ2n) is 5.16. The van der Waals surface area contributed by atoms with Crippen molar-refractivity contribution >= 4 is 0 Å². The number of rotatable bonds is 9. The molecule has 0 saturated carbocycles. The Morgan fingerprint density at radius 2 is 2.00 bits per heavy atom. The number of allylic oxidation sites excluding steroid dienone is 1. The van der Waals surface area contributed by atoms with Gasteiger partial charge in [-0.25, -0.2) is 0 Å². The zero-order chi connectivity index (χ0) is 13.2. The maximum absolute atomic E-state index is 3.98. The minimum absolute atomic E-state index is 0.636. The van der Waals surface area contributed by atoms with Crippen LogP contribution in [0.25, 0.3) is 0 Å². The number of nitrogens with one attached hydrogen (secondary N) is 1. The molecule has 1 aromatic rings. The maximum atomic E-state index is 3.98. The van der Waals surface area contributed by atoms with E-state index in [9.17, 15) is 0 Å². The van der Waals surface area contributed by atoms with Crippen molar-refractivity contribution in [2.45, 2.75) is 45.4 Å². The fourth-order valence-corrected chi connectivity index (χ4v) is 2.22. The van der Waals surface area contributed by atoms with Crippen molar-refractivity contribution in [3.63, 3.8) is 0 Å². The number of benzene rings is 1. The molecule has 1 rings (SSSR count). The van der Waals surface area contributed by atoms with Crippen molar-refractivity contribution in [1.29, 1.82) is 0 Å². The summed E-state index contributed by atoms with van der Waals surface area (Å²) in [5.74, 6) is 0.636. The van der Waals surface area contributed by atoms with E-state index in [1.54, 1.807) is 0 Å². The van der Waals surface area contributed by atoms with Crippen LogP contribution in [0, 0.1) is 0 Å². The van der Waals surface area contributed by atoms with Gasteiger partial charge in [-0.05, 0) is 50.6 Å². The summed E-state index contributed by atoms with van der Waals surface area (Å²) < 4.78 is 0. The fourth-order valence-electron chi connectivity index (χ4n) is 2.22. The highest BCUT2D eigenvalue weighted by molar-refractivity contribution is 5.19. The zero-order valence-electron chi connectivity index (χ0n) is 11.9. The molecule has 1 heteroatoms. The Morgan fingerprint density at radius 3 is 2.61 bits per heavy atom. The molecule has 1 aromatic carbocycles. The van der Waals surface area contributed by atoms with Crippen LogP contribution < -0.4 is 5.32 Å². The second kappa shape index (κ2) is 8.93. The average molecular weight is 245 g/mol. The summed E-state index contributed by atoms with van der Waals surface area (Å²) >= 11 is 0. The van der Waals surface area contributed by atoms with Crippen LogP contribution >= 0.6 is 0 Å². The molecule has 1 nitrogen and oxygen atoms in total. The molecule has 0 bridgehead atoms. The van der Waals surface area contributed by atoms with Gasteiger partial charge in [0.1, 0.15) is 0 Å². The minimum atomic E-state index is 0.636. The first kappa shape index (κ1) is 15.0. The summed E-state index contributed by atoms with van der Waals surface area (Å²) in [5.41, 5.74) is 2.76. The largest absolute Gasteiger partial charge is 0.316 e. The molecule has 1 N–H and O–H groups in total. The summed E-state index contributed by atoms with van der Waals surface area (Å²) in [6.07, 6.45) is 4.83. The van der Waals surface area contributed by atoms with Crippen molar-refractivity contribution in [2.75, 3.05) is 13.1 Å². The van der Waals surface area contributed by atoms with E-state index in [2.05, 4.69) is 56.1 Å². The van der Waals surface area contributed by atoms with E-state index in [-0.39, 0.29) is 0 Å². The molecular weight excluding hydrogens is 218 g/mol. The molecule has 0 saturated heterocycles. The highest BCUT2D eigenvalue weighted by atomic mass is 14.8. The van der Waals surface area contributed by atoms with Crippen molar-refractivity contribution in [1.82, 2.24) is 5.32 Å². The Morgan fingerprint density at radius 1 is 1.28 bits per heavy atom. The van der Waals surface area contributed by atoms with Gasteiger partial charge in [-0.15, -0.1) is 6.58 Å². The van der Waals surface area contributed by atoms with Gasteiger partial charge in [-0.3, -0.25) is 0 Å². The van der Waals surface area contributed by atoms with Crippen LogP contribution in [0.15, 0.2) is 42.5 Å². The Balaban J connectivity index is 2.49. The summed E-state index contributed by atoms with van der Waals surface area (Å²) in [7, 11) is 0. The molecule has 0 fully saturated rings. The Kier molecular flexibility index (Phi) is 7.43. The van der Waals surface area contributed by atoms with Gasteiger partial charge >= 0.3 is 0 Å². The van der Waals surface area contributed by atoms with Gasteiger partial charge < -0.3 is 5.32 Å². The fraction of sp³-hybridized carbons (Fsp3) is 0.529. The molecule has 1 unspecified atom stereocenters. The predicted octanol–water partition coefficient (Wildman–Crippen LogP) is 4.52. The Hall–Kier alpha value is -1.08. The van der Waals surface area contributed by atoms with E-state index in [0.29, 0.717) is 5.92 Å². The van der Waals surface area contributed by atoms with E-state index >= 15 is 0 Å². The van der Waals surface area contributed by atoms with Crippen LogP contribution in [0.2, 0.25) is 0 Å². The first-order valence-corrected chi connectivity index (χ1v) is 7.14. The van der Waals surface area contributed by atoms with Crippen molar-refractivity contribution in [3.05, 3.63) is 48.0 Å². The molecular formula is C17H27N. The van der Waals surface area contributed by atoms with Crippen LogP contribution in [0.5, 0.6) is 0 Å². The Bertz CT molecular complexity index is 329. The van der Waals surface area contributed by atoms with E-state index in [1.807, 2.05) is 0 Å². The highest BCUT2D eigenvalue weighted by Gasteiger charge is 2.10. The van der Waals surface area contributed by atoms with E-state index in [4.69, 9.17) is 0 Å². The molecule has 18 heavy (non-hydrogen) atoms. The molecule has 0 aromatic heterocycles. The number of hydrogen-bond acceptors (Lipinski definition) is 1. The van der Waals surface area contributed by atoms with E-state index in [1.165, 1.54) is 30.4 Å². The van der Waals surface area contributed by atoms with Gasteiger partial charge in [0.15, 0.2) is 0 Å². The third-order valence-electron chi connectivity index (χ3n) is 3.24. The van der Waals surface area contributed by atoms with Gasteiger partial charge in [-0.2, -0.15) is 0 Å². The third-order valence-corrected chi connectivity index (χ3v) is 3.24. The summed E-state index contributed by atoms with van der Waals surface area (Å²) in [4.78, 5) is 0. The van der Waals surface area contributed by atoms with Crippen LogP contribution in [-0.4, -0.2) is 13.1 Å². The molecule has 0 aliphatic heterocycles. The lowest BCUT2D eigenvalue weighted by Gasteiger charge is -2.18. The van der Waals surface area contributed by atoms with E-state index in [0.717, 1.165) is 19.5 Å². The first-order valence-electron chi connectivity index (χ1n) is 7.14. The zero-order valence-corrected chi connectivity index (χ0v) is 11.9. The Labute approximate surface area is 112 Å². The topological polar surface area (TPSA) is 12.0 Å². The average Bonchev–Trinajstić information content (AvgIpc) is 2.38. The van der Waals surface area contributed by atoms with Crippen LogP contribution in [0.1, 0.15) is 51.0 Å². The van der Waals surface area contributed by atoms with Gasteiger partial charge in [0.25, 0.3) is 0 Å². The maximum Gasteiger partial charge on any atom is 0.00201 e. The van der Waals surface area contributed by atoms with Crippen LogP contribution in [0.4, 0.5) is 0 Å². The second-order valence-corrected chi connectivity index (χ2v) is 5.16. The lowest BCUT2D eigenvalue weighted by Crippen LogP contribution is -2.22. The molecule has 100 valence electrons. The van der Waals surface area contributed by atoms with E-state index < -0.39 is 0 Å². The smallest absolute Gasteiger partial charge is 0.00201 e. The summed E-state index contributed by atoms with van der Waals surface area (Å²) in [5, 5.41) is 3.55. The highest BCUT2D eigenvalue weighted by Crippen LogP contribution is 2.22. The predicted molar refractivity (Wildman–Crippen MR) is 81.0 cm³/mol.